The van der Waals surface area contributed by atoms with Crippen LogP contribution in [0, 0.1) is 12.3 Å². The van der Waals surface area contributed by atoms with Gasteiger partial charge in [0.15, 0.2) is 0 Å². The van der Waals surface area contributed by atoms with Gasteiger partial charge in [-0.25, -0.2) is 4.79 Å². The van der Waals surface area contributed by atoms with Crippen molar-refractivity contribution in [3.8, 4) is 0 Å². The lowest BCUT2D eigenvalue weighted by Gasteiger charge is -2.62. The maximum Gasteiger partial charge on any atom is 0.410 e. The molecule has 7 heteroatoms. The van der Waals surface area contributed by atoms with Gasteiger partial charge in [0.2, 0.25) is 0 Å². The van der Waals surface area contributed by atoms with Gasteiger partial charge in [-0.15, -0.1) is 0 Å². The minimum atomic E-state index is -0.566. The van der Waals surface area contributed by atoms with Gasteiger partial charge in [0.1, 0.15) is 5.60 Å². The van der Waals surface area contributed by atoms with E-state index in [4.69, 9.17) is 21.9 Å². The van der Waals surface area contributed by atoms with Crippen molar-refractivity contribution in [3.05, 3.63) is 44.8 Å². The number of ether oxygens (including phenoxy) is 1. The van der Waals surface area contributed by atoms with Crippen molar-refractivity contribution < 1.29 is 9.53 Å². The van der Waals surface area contributed by atoms with E-state index in [0.717, 1.165) is 24.0 Å². The standard InChI is InChI=1S/C18H23ClN4O2/c1-12-13(6-5-7-14(12)19)18(21-22-20)8-17(9-18)10-23(11-17)15(24)25-16(2,3)4/h5-7H,8-11H2,1-4H3. The predicted octanol–water partition coefficient (Wildman–Crippen LogP) is 5.18. The van der Waals surface area contributed by atoms with Gasteiger partial charge in [-0.05, 0) is 63.3 Å². The van der Waals surface area contributed by atoms with Crippen molar-refractivity contribution in [2.45, 2.75) is 51.7 Å². The van der Waals surface area contributed by atoms with Gasteiger partial charge >= 0.3 is 6.09 Å². The van der Waals surface area contributed by atoms with E-state index in [1.54, 1.807) is 4.90 Å². The Morgan fingerprint density at radius 1 is 1.36 bits per heavy atom. The number of rotatable bonds is 2. The quantitative estimate of drug-likeness (QED) is 0.412. The van der Waals surface area contributed by atoms with Crippen LogP contribution in [-0.4, -0.2) is 29.7 Å². The number of halogens is 1. The summed E-state index contributed by atoms with van der Waals surface area (Å²) in [6, 6.07) is 5.71. The first-order valence-electron chi connectivity index (χ1n) is 8.40. The van der Waals surface area contributed by atoms with Crippen LogP contribution in [0.5, 0.6) is 0 Å². The maximum absolute atomic E-state index is 12.1. The van der Waals surface area contributed by atoms with Crippen LogP contribution in [0.4, 0.5) is 4.79 Å². The topological polar surface area (TPSA) is 78.3 Å². The fourth-order valence-corrected chi connectivity index (χ4v) is 4.32. The molecule has 0 atom stereocenters. The van der Waals surface area contributed by atoms with E-state index in [1.807, 2.05) is 45.9 Å². The van der Waals surface area contributed by atoms with E-state index < -0.39 is 11.1 Å². The molecule has 1 aliphatic carbocycles. The lowest BCUT2D eigenvalue weighted by Crippen LogP contribution is -2.67. The van der Waals surface area contributed by atoms with Crippen molar-refractivity contribution in [1.29, 1.82) is 0 Å². The third-order valence-corrected chi connectivity index (χ3v) is 5.45. The number of carbonyl (C=O) groups excluding carboxylic acids is 1. The largest absolute Gasteiger partial charge is 0.444 e. The molecule has 1 aromatic carbocycles. The molecule has 1 spiro atoms. The monoisotopic (exact) mass is 362 g/mol. The average molecular weight is 363 g/mol. The summed E-state index contributed by atoms with van der Waals surface area (Å²) in [6.45, 7) is 8.81. The summed E-state index contributed by atoms with van der Waals surface area (Å²) in [6.07, 6.45) is 1.17. The Morgan fingerprint density at radius 2 is 2.00 bits per heavy atom. The summed E-state index contributed by atoms with van der Waals surface area (Å²) >= 11 is 6.24. The van der Waals surface area contributed by atoms with E-state index >= 15 is 0 Å². The van der Waals surface area contributed by atoms with E-state index in [2.05, 4.69) is 10.0 Å². The van der Waals surface area contributed by atoms with Crippen molar-refractivity contribution in [2.24, 2.45) is 10.5 Å². The molecule has 6 nitrogen and oxygen atoms in total. The van der Waals surface area contributed by atoms with Crippen LogP contribution >= 0.6 is 11.6 Å². The van der Waals surface area contributed by atoms with Crippen LogP contribution in [0.15, 0.2) is 23.3 Å². The number of hydrogen-bond acceptors (Lipinski definition) is 3. The Hall–Kier alpha value is -1.91. The number of benzene rings is 1. The lowest BCUT2D eigenvalue weighted by molar-refractivity contribution is -0.107. The molecule has 3 rings (SSSR count). The Morgan fingerprint density at radius 3 is 2.56 bits per heavy atom. The molecular weight excluding hydrogens is 340 g/mol. The summed E-state index contributed by atoms with van der Waals surface area (Å²) in [5.41, 5.74) is 9.95. The van der Waals surface area contributed by atoms with Gasteiger partial charge in [-0.3, -0.25) is 0 Å². The molecule has 0 bridgehead atoms. The first kappa shape index (κ1) is 17.9. The van der Waals surface area contributed by atoms with Crippen LogP contribution in [-0.2, 0) is 10.3 Å². The van der Waals surface area contributed by atoms with Crippen molar-refractivity contribution >= 4 is 17.7 Å². The molecule has 2 aliphatic rings. The summed E-state index contributed by atoms with van der Waals surface area (Å²) in [5, 5.41) is 4.80. The van der Waals surface area contributed by atoms with Crippen LogP contribution in [0.3, 0.4) is 0 Å². The number of amides is 1. The zero-order chi connectivity index (χ0) is 18.5. The smallest absolute Gasteiger partial charge is 0.410 e. The second-order valence-corrected chi connectivity index (χ2v) is 8.73. The van der Waals surface area contributed by atoms with E-state index in [9.17, 15) is 4.79 Å². The third-order valence-electron chi connectivity index (χ3n) is 5.04. The third kappa shape index (κ3) is 3.16. The summed E-state index contributed by atoms with van der Waals surface area (Å²) < 4.78 is 5.41. The Bertz CT molecular complexity index is 751. The number of nitrogens with zero attached hydrogens (tertiary/aromatic N) is 4. The fraction of sp³-hybridized carbons (Fsp3) is 0.611. The predicted molar refractivity (Wildman–Crippen MR) is 96.5 cm³/mol. The maximum atomic E-state index is 12.1. The highest BCUT2D eigenvalue weighted by molar-refractivity contribution is 6.31. The molecule has 1 amide bonds. The van der Waals surface area contributed by atoms with E-state index in [0.29, 0.717) is 18.1 Å². The zero-order valence-electron chi connectivity index (χ0n) is 15.0. The highest BCUT2D eigenvalue weighted by Gasteiger charge is 2.62. The molecule has 1 saturated carbocycles. The van der Waals surface area contributed by atoms with Crippen LogP contribution in [0.25, 0.3) is 10.4 Å². The molecule has 1 aliphatic heterocycles. The van der Waals surface area contributed by atoms with Crippen molar-refractivity contribution in [3.63, 3.8) is 0 Å². The van der Waals surface area contributed by atoms with Gasteiger partial charge < -0.3 is 9.64 Å². The van der Waals surface area contributed by atoms with E-state index in [-0.39, 0.29) is 11.5 Å². The highest BCUT2D eigenvalue weighted by Crippen LogP contribution is 2.61. The Kier molecular flexibility index (Phi) is 4.17. The number of carbonyl (C=O) groups is 1. The summed E-state index contributed by atoms with van der Waals surface area (Å²) in [7, 11) is 0. The first-order valence-corrected chi connectivity index (χ1v) is 8.77. The Labute approximate surface area is 152 Å². The van der Waals surface area contributed by atoms with Gasteiger partial charge in [0.05, 0.1) is 5.54 Å². The molecule has 1 saturated heterocycles. The molecule has 2 fully saturated rings. The van der Waals surface area contributed by atoms with Crippen LogP contribution < -0.4 is 0 Å². The zero-order valence-corrected chi connectivity index (χ0v) is 15.8. The molecule has 0 N–H and O–H groups in total. The van der Waals surface area contributed by atoms with Gasteiger partial charge in [-0.1, -0.05) is 28.8 Å². The normalized spacial score (nSPS) is 20.3. The molecule has 0 radical (unpaired) electrons. The van der Waals surface area contributed by atoms with Crippen molar-refractivity contribution in [1.82, 2.24) is 4.90 Å². The lowest BCUT2D eigenvalue weighted by atomic mass is 9.51. The molecule has 25 heavy (non-hydrogen) atoms. The Balaban J connectivity index is 1.72. The number of azide groups is 1. The molecule has 134 valence electrons. The summed E-state index contributed by atoms with van der Waals surface area (Å²) in [5.74, 6) is 0. The summed E-state index contributed by atoms with van der Waals surface area (Å²) in [4.78, 5) is 16.9. The average Bonchev–Trinajstić information content (AvgIpc) is 2.41. The second kappa shape index (κ2) is 5.82. The minimum absolute atomic E-state index is 0.0137. The van der Waals surface area contributed by atoms with Gasteiger partial charge in [0.25, 0.3) is 0 Å². The fourth-order valence-electron chi connectivity index (χ4n) is 4.14. The number of likely N-dealkylation sites (tertiary alicyclic amines) is 1. The molecular formula is C18H23ClN4O2. The molecule has 1 heterocycles. The van der Waals surface area contributed by atoms with Crippen LogP contribution in [0.1, 0.15) is 44.7 Å². The van der Waals surface area contributed by atoms with Crippen molar-refractivity contribution in [2.75, 3.05) is 13.1 Å². The molecule has 0 aromatic heterocycles. The number of hydrogen-bond donors (Lipinski definition) is 0. The van der Waals surface area contributed by atoms with Crippen LogP contribution in [0.2, 0.25) is 5.02 Å². The SMILES string of the molecule is Cc1c(Cl)cccc1C1(N=[N+]=[N-])CC2(CN(C(=O)OC(C)(C)C)C2)C1. The first-order chi connectivity index (χ1) is 11.6. The van der Waals surface area contributed by atoms with E-state index in [1.165, 1.54) is 0 Å². The van der Waals surface area contributed by atoms with Gasteiger partial charge in [0, 0.05) is 28.4 Å². The highest BCUT2D eigenvalue weighted by atomic mass is 35.5. The van der Waals surface area contributed by atoms with Gasteiger partial charge in [-0.2, -0.15) is 0 Å². The molecule has 1 aromatic rings. The molecule has 0 unspecified atom stereocenters. The minimum Gasteiger partial charge on any atom is -0.444 e. The second-order valence-electron chi connectivity index (χ2n) is 8.32.